The van der Waals surface area contributed by atoms with E-state index in [1.54, 1.807) is 11.3 Å². The Morgan fingerprint density at radius 1 is 1.42 bits per heavy atom. The molecule has 1 N–H and O–H groups in total. The molecule has 1 aliphatic heterocycles. The van der Waals surface area contributed by atoms with Crippen LogP contribution in [0.2, 0.25) is 0 Å². The molecule has 1 aromatic heterocycles. The normalized spacial score (nSPS) is 23.9. The number of hydrogen-bond donors (Lipinski definition) is 1. The summed E-state index contributed by atoms with van der Waals surface area (Å²) in [4.78, 5) is 4.31. The number of nitrogens with zero attached hydrogens (tertiary/aromatic N) is 1. The number of benzene rings is 1. The van der Waals surface area contributed by atoms with E-state index >= 15 is 0 Å². The van der Waals surface area contributed by atoms with Crippen LogP contribution in [0.3, 0.4) is 0 Å². The van der Waals surface area contributed by atoms with Crippen LogP contribution in [-0.2, 0) is 4.74 Å². The highest BCUT2D eigenvalue weighted by Crippen LogP contribution is 2.26. The van der Waals surface area contributed by atoms with E-state index in [9.17, 15) is 0 Å². The zero-order chi connectivity index (χ0) is 13.2. The van der Waals surface area contributed by atoms with Crippen molar-refractivity contribution in [3.63, 3.8) is 0 Å². The molecule has 1 fully saturated rings. The van der Waals surface area contributed by atoms with Crippen molar-refractivity contribution in [1.29, 1.82) is 0 Å². The average molecular weight is 276 g/mol. The van der Waals surface area contributed by atoms with E-state index in [0.29, 0.717) is 18.1 Å². The quantitative estimate of drug-likeness (QED) is 0.923. The van der Waals surface area contributed by atoms with Gasteiger partial charge in [0.1, 0.15) is 0 Å². The molecule has 0 radical (unpaired) electrons. The molecule has 2 heterocycles. The summed E-state index contributed by atoms with van der Waals surface area (Å²) in [6.07, 6.45) is 2.57. The maximum atomic E-state index is 5.82. The molecule has 0 saturated carbocycles. The molecule has 3 rings (SSSR count). The minimum atomic E-state index is 0.387. The van der Waals surface area contributed by atoms with Crippen LogP contribution >= 0.6 is 11.3 Å². The first-order valence-corrected chi connectivity index (χ1v) is 7.82. The van der Waals surface area contributed by atoms with Crippen molar-refractivity contribution < 1.29 is 4.74 Å². The van der Waals surface area contributed by atoms with Gasteiger partial charge in [-0.05, 0) is 37.0 Å². The highest BCUT2D eigenvalue weighted by molar-refractivity contribution is 7.16. The van der Waals surface area contributed by atoms with E-state index in [1.165, 1.54) is 10.4 Å². The van der Waals surface area contributed by atoms with Crippen LogP contribution in [0.25, 0.3) is 10.2 Å². The van der Waals surface area contributed by atoms with Gasteiger partial charge in [0, 0.05) is 18.3 Å². The Labute approximate surface area is 118 Å². The highest BCUT2D eigenvalue weighted by Gasteiger charge is 2.24. The number of anilines is 1. The first kappa shape index (κ1) is 12.9. The lowest BCUT2D eigenvalue weighted by Crippen LogP contribution is -2.36. The Morgan fingerprint density at radius 2 is 2.32 bits per heavy atom. The Morgan fingerprint density at radius 3 is 3.16 bits per heavy atom. The molecule has 1 aromatic carbocycles. The average Bonchev–Trinajstić information content (AvgIpc) is 2.86. The van der Waals surface area contributed by atoms with Gasteiger partial charge < -0.3 is 10.1 Å². The summed E-state index contributed by atoms with van der Waals surface area (Å²) in [6.45, 7) is 5.33. The first-order valence-electron chi connectivity index (χ1n) is 6.94. The lowest BCUT2D eigenvalue weighted by atomic mass is 9.95. The van der Waals surface area contributed by atoms with Crippen molar-refractivity contribution in [2.75, 3.05) is 11.9 Å². The fourth-order valence-corrected chi connectivity index (χ4v) is 3.32. The fourth-order valence-electron chi connectivity index (χ4n) is 2.60. The van der Waals surface area contributed by atoms with Crippen LogP contribution in [0.4, 0.5) is 5.69 Å². The van der Waals surface area contributed by atoms with Crippen molar-refractivity contribution in [3.05, 3.63) is 23.7 Å². The summed E-state index contributed by atoms with van der Waals surface area (Å²) < 4.78 is 7.06. The van der Waals surface area contributed by atoms with Gasteiger partial charge in [0.2, 0.25) is 0 Å². The maximum absolute atomic E-state index is 5.82. The Kier molecular flexibility index (Phi) is 3.71. The number of nitrogens with one attached hydrogen (secondary N) is 1. The van der Waals surface area contributed by atoms with Gasteiger partial charge in [-0.15, -0.1) is 11.3 Å². The van der Waals surface area contributed by atoms with E-state index in [-0.39, 0.29) is 0 Å². The van der Waals surface area contributed by atoms with Crippen LogP contribution in [0.5, 0.6) is 0 Å². The minimum absolute atomic E-state index is 0.387. The zero-order valence-electron chi connectivity index (χ0n) is 11.4. The van der Waals surface area contributed by atoms with Crippen LogP contribution in [0.15, 0.2) is 23.7 Å². The molecule has 0 spiro atoms. The lowest BCUT2D eigenvalue weighted by Gasteiger charge is -2.32. The molecule has 0 amide bonds. The molecule has 2 aromatic rings. The summed E-state index contributed by atoms with van der Waals surface area (Å²) in [5.41, 5.74) is 4.19. The van der Waals surface area contributed by atoms with Crippen molar-refractivity contribution in [3.8, 4) is 0 Å². The fraction of sp³-hybridized carbons (Fsp3) is 0.533. The summed E-state index contributed by atoms with van der Waals surface area (Å²) in [5, 5.41) is 3.65. The zero-order valence-corrected chi connectivity index (χ0v) is 12.2. The molecule has 1 aliphatic rings. The third kappa shape index (κ3) is 2.90. The van der Waals surface area contributed by atoms with Crippen LogP contribution in [0.1, 0.15) is 26.7 Å². The van der Waals surface area contributed by atoms with E-state index in [2.05, 4.69) is 42.3 Å². The van der Waals surface area contributed by atoms with Crippen molar-refractivity contribution in [2.24, 2.45) is 5.92 Å². The largest absolute Gasteiger partial charge is 0.382 e. The lowest BCUT2D eigenvalue weighted by molar-refractivity contribution is -0.0160. The Bertz CT molecular complexity index is 552. The molecule has 3 nitrogen and oxygen atoms in total. The van der Waals surface area contributed by atoms with Crippen LogP contribution < -0.4 is 5.32 Å². The number of fused-ring (bicyclic) bond motifs is 1. The van der Waals surface area contributed by atoms with Crippen LogP contribution in [0, 0.1) is 5.92 Å². The third-order valence-corrected chi connectivity index (χ3v) is 4.55. The molecule has 2 unspecified atom stereocenters. The summed E-state index contributed by atoms with van der Waals surface area (Å²) >= 11 is 1.69. The number of hydrogen-bond acceptors (Lipinski definition) is 4. The second kappa shape index (κ2) is 5.47. The molecule has 102 valence electrons. The summed E-state index contributed by atoms with van der Waals surface area (Å²) in [7, 11) is 0. The number of ether oxygens (including phenoxy) is 1. The van der Waals surface area contributed by atoms with E-state index in [1.807, 2.05) is 5.51 Å². The molecule has 19 heavy (non-hydrogen) atoms. The monoisotopic (exact) mass is 276 g/mol. The molecular weight excluding hydrogens is 256 g/mol. The van der Waals surface area contributed by atoms with Gasteiger partial charge in [0.15, 0.2) is 0 Å². The van der Waals surface area contributed by atoms with Gasteiger partial charge >= 0.3 is 0 Å². The number of rotatable bonds is 3. The number of aromatic nitrogens is 1. The molecule has 1 saturated heterocycles. The molecular formula is C15H20N2OS. The number of thiazole rings is 1. The van der Waals surface area contributed by atoms with Gasteiger partial charge in [-0.25, -0.2) is 4.98 Å². The first-order chi connectivity index (χ1) is 9.22. The maximum Gasteiger partial charge on any atom is 0.0813 e. The SMILES string of the molecule is CC(C)C1CC(Nc2ccc3ncsc3c2)CCO1. The Hall–Kier alpha value is -1.13. The van der Waals surface area contributed by atoms with Gasteiger partial charge in [0.25, 0.3) is 0 Å². The second-order valence-corrected chi connectivity index (χ2v) is 6.44. The van der Waals surface area contributed by atoms with E-state index < -0.39 is 0 Å². The molecule has 4 heteroatoms. The van der Waals surface area contributed by atoms with Gasteiger partial charge in [0.05, 0.1) is 21.8 Å². The van der Waals surface area contributed by atoms with Gasteiger partial charge in [-0.2, -0.15) is 0 Å². The van der Waals surface area contributed by atoms with E-state index in [4.69, 9.17) is 4.74 Å². The summed E-state index contributed by atoms with van der Waals surface area (Å²) in [5.74, 6) is 0.591. The third-order valence-electron chi connectivity index (χ3n) is 3.76. The van der Waals surface area contributed by atoms with Crippen molar-refractivity contribution in [2.45, 2.75) is 38.8 Å². The topological polar surface area (TPSA) is 34.2 Å². The standard InChI is InChI=1S/C15H20N2OS/c1-10(2)14-7-12(5-6-18-14)17-11-3-4-13-15(8-11)19-9-16-13/h3-4,8-10,12,14,17H,5-7H2,1-2H3. The van der Waals surface area contributed by atoms with E-state index in [0.717, 1.165) is 25.0 Å². The molecule has 0 aliphatic carbocycles. The molecule has 2 atom stereocenters. The minimum Gasteiger partial charge on any atom is -0.382 e. The van der Waals surface area contributed by atoms with Crippen molar-refractivity contribution in [1.82, 2.24) is 4.98 Å². The van der Waals surface area contributed by atoms with Crippen molar-refractivity contribution >= 4 is 27.2 Å². The summed E-state index contributed by atoms with van der Waals surface area (Å²) in [6, 6.07) is 6.94. The predicted molar refractivity (Wildman–Crippen MR) is 80.8 cm³/mol. The van der Waals surface area contributed by atoms with Gasteiger partial charge in [-0.3, -0.25) is 0 Å². The Balaban J connectivity index is 1.69. The highest BCUT2D eigenvalue weighted by atomic mass is 32.1. The van der Waals surface area contributed by atoms with Gasteiger partial charge in [-0.1, -0.05) is 13.8 Å². The second-order valence-electron chi connectivity index (χ2n) is 5.55. The predicted octanol–water partition coefficient (Wildman–Crippen LogP) is 3.91. The smallest absolute Gasteiger partial charge is 0.0813 e. The molecule has 0 bridgehead atoms. The van der Waals surface area contributed by atoms with Crippen LogP contribution in [-0.4, -0.2) is 23.7 Å².